The van der Waals surface area contributed by atoms with Gasteiger partial charge >= 0.3 is 0 Å². The summed E-state index contributed by atoms with van der Waals surface area (Å²) in [6, 6.07) is 12.9. The lowest BCUT2D eigenvalue weighted by molar-refractivity contribution is 0.0827. The highest BCUT2D eigenvalue weighted by Gasteiger charge is 2.31. The van der Waals surface area contributed by atoms with Gasteiger partial charge in [0.05, 0.1) is 11.4 Å². The van der Waals surface area contributed by atoms with E-state index in [9.17, 15) is 9.59 Å². The van der Waals surface area contributed by atoms with Gasteiger partial charge in [0.2, 0.25) is 0 Å². The Morgan fingerprint density at radius 3 is 2.62 bits per heavy atom. The van der Waals surface area contributed by atoms with E-state index in [-0.39, 0.29) is 23.3 Å². The number of pyridine rings is 2. The van der Waals surface area contributed by atoms with Crippen LogP contribution in [0, 0.1) is 11.8 Å². The summed E-state index contributed by atoms with van der Waals surface area (Å²) in [6.45, 7) is 2.22. The van der Waals surface area contributed by atoms with Crippen LogP contribution in [0.25, 0.3) is 11.8 Å². The molecule has 2 aliphatic carbocycles. The third-order valence-corrected chi connectivity index (χ3v) is 8.62. The molecule has 0 saturated heterocycles. The van der Waals surface area contributed by atoms with E-state index in [0.717, 1.165) is 60.3 Å². The number of benzene rings is 1. The summed E-state index contributed by atoms with van der Waals surface area (Å²) >= 11 is 0. The van der Waals surface area contributed by atoms with E-state index in [4.69, 9.17) is 0 Å². The number of alkyl halides is 1. The largest absolute Gasteiger partial charge is 0.388 e. The van der Waals surface area contributed by atoms with Crippen LogP contribution in [0.4, 0.5) is 10.1 Å². The molecule has 1 aromatic carbocycles. The third kappa shape index (κ3) is 5.74. The Morgan fingerprint density at radius 2 is 1.93 bits per heavy atom. The highest BCUT2D eigenvalue weighted by Crippen LogP contribution is 2.41. The van der Waals surface area contributed by atoms with E-state index in [1.807, 2.05) is 36.4 Å². The molecule has 5 rings (SSSR count). The summed E-state index contributed by atoms with van der Waals surface area (Å²) in [5.41, 5.74) is 6.43. The normalized spacial score (nSPS) is 22.6. The number of halogens is 1. The first-order chi connectivity index (χ1) is 19.2. The number of allylic oxidation sites excluding steroid dienone is 1. The fourth-order valence-corrected chi connectivity index (χ4v) is 6.31. The van der Waals surface area contributed by atoms with Crippen LogP contribution in [0.15, 0.2) is 65.2 Å². The smallest absolute Gasteiger partial charge is 0.257 e. The molecule has 210 valence electrons. The quantitative estimate of drug-likeness (QED) is 0.374. The molecule has 1 fully saturated rings. The molecule has 6 nitrogen and oxygen atoms in total. The Balaban J connectivity index is 1.34. The molecule has 3 aromatic rings. The van der Waals surface area contributed by atoms with E-state index < -0.39 is 6.17 Å². The molecule has 4 atom stereocenters. The molecular formula is C33H39FN4O2. The minimum absolute atomic E-state index is 0.0426. The average Bonchev–Trinajstić information content (AvgIpc) is 3.13. The van der Waals surface area contributed by atoms with Crippen LogP contribution in [0.5, 0.6) is 0 Å². The zero-order chi connectivity index (χ0) is 28.4. The molecular weight excluding hydrogens is 503 g/mol. The van der Waals surface area contributed by atoms with Gasteiger partial charge < -0.3 is 10.2 Å². The summed E-state index contributed by atoms with van der Waals surface area (Å²) in [5, 5.41) is 3.02. The number of fused-ring (bicyclic) bond motifs is 1. The highest BCUT2D eigenvalue weighted by molar-refractivity contribution is 5.93. The molecule has 7 heteroatoms. The Bertz CT molecular complexity index is 1460. The SMILES string of the molecule is CNc1ccn(-c2ccnc3c2C=C(CC2CCCC(c4ccc(C(=O)N(C)C)cc4)[C@@H](F)C2)[C@@H](C)C3)c(=O)c1. The predicted octanol–water partition coefficient (Wildman–Crippen LogP) is 6.25. The second-order valence-corrected chi connectivity index (χ2v) is 11.6. The predicted molar refractivity (Wildman–Crippen MR) is 159 cm³/mol. The van der Waals surface area contributed by atoms with Crippen LogP contribution in [0.2, 0.25) is 0 Å². The summed E-state index contributed by atoms with van der Waals surface area (Å²) in [4.78, 5) is 31.3. The number of carbonyl (C=O) groups excluding carboxylic acids is 1. The zero-order valence-corrected chi connectivity index (χ0v) is 23.9. The van der Waals surface area contributed by atoms with E-state index in [1.165, 1.54) is 5.57 Å². The van der Waals surface area contributed by atoms with Gasteiger partial charge in [-0.25, -0.2) is 4.39 Å². The minimum Gasteiger partial charge on any atom is -0.388 e. The fraction of sp³-hybridized carbons (Fsp3) is 0.424. The monoisotopic (exact) mass is 542 g/mol. The number of nitrogens with zero attached hydrogens (tertiary/aromatic N) is 3. The van der Waals surface area contributed by atoms with Crippen molar-refractivity contribution in [3.8, 4) is 5.69 Å². The summed E-state index contributed by atoms with van der Waals surface area (Å²) in [6.07, 6.45) is 9.86. The lowest BCUT2D eigenvalue weighted by Gasteiger charge is -2.27. The van der Waals surface area contributed by atoms with Crippen molar-refractivity contribution in [2.45, 2.75) is 57.5 Å². The van der Waals surface area contributed by atoms with E-state index in [1.54, 1.807) is 49.1 Å². The lowest BCUT2D eigenvalue weighted by atomic mass is 9.80. The maximum absolute atomic E-state index is 15.8. The van der Waals surface area contributed by atoms with Crippen molar-refractivity contribution in [3.05, 3.63) is 93.2 Å². The van der Waals surface area contributed by atoms with Gasteiger partial charge in [-0.3, -0.25) is 19.1 Å². The van der Waals surface area contributed by atoms with Crippen LogP contribution >= 0.6 is 0 Å². The molecule has 2 unspecified atom stereocenters. The molecule has 1 amide bonds. The Morgan fingerprint density at radius 1 is 1.15 bits per heavy atom. The van der Waals surface area contributed by atoms with Gasteiger partial charge in [0.1, 0.15) is 6.17 Å². The lowest BCUT2D eigenvalue weighted by Crippen LogP contribution is -2.22. The van der Waals surface area contributed by atoms with Crippen molar-refractivity contribution >= 4 is 17.7 Å². The highest BCUT2D eigenvalue weighted by atomic mass is 19.1. The molecule has 0 aliphatic heterocycles. The van der Waals surface area contributed by atoms with Crippen molar-refractivity contribution in [2.75, 3.05) is 26.5 Å². The summed E-state index contributed by atoms with van der Waals surface area (Å²) in [5.74, 6) is 0.398. The molecule has 0 radical (unpaired) electrons. The van der Waals surface area contributed by atoms with Crippen LogP contribution in [0.3, 0.4) is 0 Å². The van der Waals surface area contributed by atoms with Crippen LogP contribution in [-0.4, -0.2) is 47.7 Å². The molecule has 2 heterocycles. The van der Waals surface area contributed by atoms with Gasteiger partial charge in [-0.05, 0) is 67.3 Å². The Kier molecular flexibility index (Phi) is 8.19. The maximum Gasteiger partial charge on any atom is 0.257 e. The topological polar surface area (TPSA) is 67.2 Å². The van der Waals surface area contributed by atoms with Crippen molar-refractivity contribution in [1.29, 1.82) is 0 Å². The summed E-state index contributed by atoms with van der Waals surface area (Å²) < 4.78 is 17.4. The van der Waals surface area contributed by atoms with Gasteiger partial charge in [0.25, 0.3) is 11.5 Å². The number of hydrogen-bond acceptors (Lipinski definition) is 4. The molecule has 0 spiro atoms. The minimum atomic E-state index is -0.920. The number of amides is 1. The van der Waals surface area contributed by atoms with Gasteiger partial charge in [-0.2, -0.15) is 0 Å². The van der Waals surface area contributed by atoms with E-state index in [2.05, 4.69) is 23.3 Å². The van der Waals surface area contributed by atoms with Gasteiger partial charge in [0, 0.05) is 62.3 Å². The van der Waals surface area contributed by atoms with Gasteiger partial charge in [0.15, 0.2) is 0 Å². The number of carbonyl (C=O) groups is 1. The van der Waals surface area contributed by atoms with Gasteiger partial charge in [-0.1, -0.05) is 43.5 Å². The van der Waals surface area contributed by atoms with E-state index >= 15 is 4.39 Å². The first kappa shape index (κ1) is 27.8. The number of aromatic nitrogens is 2. The Labute approximate surface area is 235 Å². The first-order valence-corrected chi connectivity index (χ1v) is 14.3. The molecule has 2 aromatic heterocycles. The number of hydrogen-bond donors (Lipinski definition) is 1. The summed E-state index contributed by atoms with van der Waals surface area (Å²) in [7, 11) is 5.27. The zero-order valence-electron chi connectivity index (χ0n) is 23.9. The van der Waals surface area contributed by atoms with Crippen molar-refractivity contribution in [3.63, 3.8) is 0 Å². The van der Waals surface area contributed by atoms with E-state index in [0.29, 0.717) is 17.9 Å². The van der Waals surface area contributed by atoms with Crippen molar-refractivity contribution < 1.29 is 9.18 Å². The molecule has 1 saturated carbocycles. The number of rotatable bonds is 6. The van der Waals surface area contributed by atoms with Crippen molar-refractivity contribution in [1.82, 2.24) is 14.5 Å². The van der Waals surface area contributed by atoms with Crippen LogP contribution in [-0.2, 0) is 6.42 Å². The molecule has 2 aliphatic rings. The fourth-order valence-electron chi connectivity index (χ4n) is 6.31. The molecule has 0 bridgehead atoms. The number of anilines is 1. The second-order valence-electron chi connectivity index (χ2n) is 11.6. The standard InChI is InChI=1S/C33H39FN4O2/c1-21-16-30-28(31(12-14-36-30)38-15-13-26(35-2)20-32(38)39)19-25(21)17-22-6-5-7-27(29(34)18-22)23-8-10-24(11-9-23)33(40)37(3)4/h8-15,19-22,27,29,35H,5-7,16-18H2,1-4H3/t21-,22?,27?,29-/m0/s1. The maximum atomic E-state index is 15.8. The van der Waals surface area contributed by atoms with Crippen LogP contribution < -0.4 is 10.9 Å². The van der Waals surface area contributed by atoms with Crippen LogP contribution in [0.1, 0.15) is 72.1 Å². The average molecular weight is 543 g/mol. The Hall–Kier alpha value is -3.74. The number of nitrogens with one attached hydrogen (secondary N) is 1. The van der Waals surface area contributed by atoms with Crippen molar-refractivity contribution in [2.24, 2.45) is 11.8 Å². The molecule has 40 heavy (non-hydrogen) atoms. The second kappa shape index (κ2) is 11.8. The van der Waals surface area contributed by atoms with Gasteiger partial charge in [-0.15, -0.1) is 0 Å². The molecule has 1 N–H and O–H groups in total. The third-order valence-electron chi connectivity index (χ3n) is 8.62. The first-order valence-electron chi connectivity index (χ1n) is 14.3.